The van der Waals surface area contributed by atoms with Crippen LogP contribution in [0.2, 0.25) is 0 Å². The van der Waals surface area contributed by atoms with Crippen LogP contribution in [-0.2, 0) is 19.3 Å². The molecule has 2 rings (SSSR count). The highest BCUT2D eigenvalue weighted by Crippen LogP contribution is 2.29. The Bertz CT molecular complexity index is 846. The molecule has 0 N–H and O–H groups in total. The minimum absolute atomic E-state index is 0.592. The fourth-order valence-corrected chi connectivity index (χ4v) is 3.69. The molecule has 0 radical (unpaired) electrons. The van der Waals surface area contributed by atoms with E-state index in [0.717, 1.165) is 48.3 Å². The smallest absolute Gasteiger partial charge is 0.295 e. The summed E-state index contributed by atoms with van der Waals surface area (Å²) < 4.78 is 38.2. The Labute approximate surface area is 197 Å². The maximum atomic E-state index is 12.7. The van der Waals surface area contributed by atoms with Crippen LogP contribution < -0.4 is 0 Å². The largest absolute Gasteiger partial charge is 0.416 e. The first-order valence-electron chi connectivity index (χ1n) is 12.2. The number of unbranched alkanes of at least 4 members (excludes halogenated alkanes) is 8. The van der Waals surface area contributed by atoms with Crippen molar-refractivity contribution in [1.29, 1.82) is 0 Å². The molecule has 180 valence electrons. The molecule has 0 amide bonds. The van der Waals surface area contributed by atoms with Crippen molar-refractivity contribution in [3.63, 3.8) is 0 Å². The van der Waals surface area contributed by atoms with Crippen LogP contribution >= 0.6 is 0 Å². The van der Waals surface area contributed by atoms with Crippen molar-refractivity contribution in [2.75, 3.05) is 6.54 Å². The standard InChI is InChI=1S/C28H37F3N2/c1-3-5-6-7-8-9-10-11-12-13-14-27-20-17-25(21-32-27)23-33(4-2)22-24-15-18-26(19-16-24)28(29,30)31/h15-21H,3-12,22-23H2,1-2H3. The van der Waals surface area contributed by atoms with Crippen LogP contribution in [0.5, 0.6) is 0 Å². The summed E-state index contributed by atoms with van der Waals surface area (Å²) in [5, 5.41) is 0. The second-order valence-corrected chi connectivity index (χ2v) is 8.58. The average molecular weight is 459 g/mol. The molecule has 0 saturated carbocycles. The molecule has 0 bridgehead atoms. The van der Waals surface area contributed by atoms with E-state index < -0.39 is 11.7 Å². The second-order valence-electron chi connectivity index (χ2n) is 8.58. The van der Waals surface area contributed by atoms with E-state index in [1.165, 1.54) is 44.9 Å². The molecule has 0 saturated heterocycles. The lowest BCUT2D eigenvalue weighted by Crippen LogP contribution is -2.22. The minimum Gasteiger partial charge on any atom is -0.295 e. The van der Waals surface area contributed by atoms with Gasteiger partial charge in [0.1, 0.15) is 5.69 Å². The zero-order valence-corrected chi connectivity index (χ0v) is 20.1. The fourth-order valence-electron chi connectivity index (χ4n) is 3.69. The molecule has 0 unspecified atom stereocenters. The molecule has 0 aliphatic rings. The van der Waals surface area contributed by atoms with Gasteiger partial charge in [0.25, 0.3) is 0 Å². The summed E-state index contributed by atoms with van der Waals surface area (Å²) in [7, 11) is 0. The maximum Gasteiger partial charge on any atom is 0.416 e. The number of aromatic nitrogens is 1. The van der Waals surface area contributed by atoms with Crippen molar-refractivity contribution in [1.82, 2.24) is 9.88 Å². The molecular formula is C28H37F3N2. The number of halogens is 3. The highest BCUT2D eigenvalue weighted by Gasteiger charge is 2.29. The van der Waals surface area contributed by atoms with E-state index in [4.69, 9.17) is 0 Å². The second kappa shape index (κ2) is 14.8. The molecular weight excluding hydrogens is 421 g/mol. The number of nitrogens with zero attached hydrogens (tertiary/aromatic N) is 2. The van der Waals surface area contributed by atoms with E-state index in [1.807, 2.05) is 25.3 Å². The lowest BCUT2D eigenvalue weighted by molar-refractivity contribution is -0.137. The predicted molar refractivity (Wildman–Crippen MR) is 130 cm³/mol. The summed E-state index contributed by atoms with van der Waals surface area (Å²) in [6.45, 7) is 6.36. The number of alkyl halides is 3. The fraction of sp³-hybridized carbons (Fsp3) is 0.536. The van der Waals surface area contributed by atoms with Gasteiger partial charge in [-0.15, -0.1) is 0 Å². The van der Waals surface area contributed by atoms with Crippen LogP contribution in [0.1, 0.15) is 94.0 Å². The average Bonchev–Trinajstić information content (AvgIpc) is 2.80. The van der Waals surface area contributed by atoms with Crippen LogP contribution in [0, 0.1) is 11.8 Å². The predicted octanol–water partition coefficient (Wildman–Crippen LogP) is 8.00. The molecule has 0 aliphatic heterocycles. The molecule has 33 heavy (non-hydrogen) atoms. The lowest BCUT2D eigenvalue weighted by atomic mass is 10.1. The van der Waals surface area contributed by atoms with E-state index in [-0.39, 0.29) is 0 Å². The normalized spacial score (nSPS) is 11.5. The summed E-state index contributed by atoms with van der Waals surface area (Å²) >= 11 is 0. The Balaban J connectivity index is 1.74. The van der Waals surface area contributed by atoms with Gasteiger partial charge in [-0.2, -0.15) is 13.2 Å². The maximum absolute atomic E-state index is 12.7. The van der Waals surface area contributed by atoms with Gasteiger partial charge in [-0.3, -0.25) is 4.90 Å². The van der Waals surface area contributed by atoms with Gasteiger partial charge in [-0.05, 0) is 48.2 Å². The molecule has 1 heterocycles. The monoisotopic (exact) mass is 458 g/mol. The van der Waals surface area contributed by atoms with E-state index in [9.17, 15) is 13.2 Å². The Morgan fingerprint density at radius 3 is 1.97 bits per heavy atom. The van der Waals surface area contributed by atoms with Crippen LogP contribution in [0.3, 0.4) is 0 Å². The van der Waals surface area contributed by atoms with E-state index in [0.29, 0.717) is 13.1 Å². The number of pyridine rings is 1. The minimum atomic E-state index is -4.30. The number of benzene rings is 1. The van der Waals surface area contributed by atoms with Crippen molar-refractivity contribution in [3.8, 4) is 11.8 Å². The van der Waals surface area contributed by atoms with Gasteiger partial charge >= 0.3 is 6.18 Å². The summed E-state index contributed by atoms with van der Waals surface area (Å²) in [6.07, 6.45) is 8.86. The highest BCUT2D eigenvalue weighted by atomic mass is 19.4. The molecule has 0 aliphatic carbocycles. The Morgan fingerprint density at radius 2 is 1.39 bits per heavy atom. The number of rotatable bonds is 13. The van der Waals surface area contributed by atoms with Crippen molar-refractivity contribution in [3.05, 3.63) is 65.0 Å². The first-order valence-corrected chi connectivity index (χ1v) is 12.2. The van der Waals surface area contributed by atoms with Crippen molar-refractivity contribution < 1.29 is 13.2 Å². The van der Waals surface area contributed by atoms with Crippen LogP contribution in [0.4, 0.5) is 13.2 Å². The van der Waals surface area contributed by atoms with Gasteiger partial charge in [0.15, 0.2) is 0 Å². The first-order chi connectivity index (χ1) is 15.9. The Morgan fingerprint density at radius 1 is 0.788 bits per heavy atom. The molecule has 0 atom stereocenters. The van der Waals surface area contributed by atoms with Crippen molar-refractivity contribution in [2.24, 2.45) is 0 Å². The van der Waals surface area contributed by atoms with Gasteiger partial charge in [-0.25, -0.2) is 4.98 Å². The zero-order valence-electron chi connectivity index (χ0n) is 20.1. The van der Waals surface area contributed by atoms with Crippen LogP contribution in [-0.4, -0.2) is 16.4 Å². The highest BCUT2D eigenvalue weighted by molar-refractivity contribution is 5.29. The molecule has 2 aromatic rings. The van der Waals surface area contributed by atoms with E-state index in [1.54, 1.807) is 12.1 Å². The Hall–Kier alpha value is -2.32. The zero-order chi connectivity index (χ0) is 23.9. The van der Waals surface area contributed by atoms with Gasteiger partial charge in [-0.1, -0.05) is 82.9 Å². The van der Waals surface area contributed by atoms with Crippen molar-refractivity contribution in [2.45, 2.75) is 90.9 Å². The number of hydrogen-bond donors (Lipinski definition) is 0. The van der Waals surface area contributed by atoms with E-state index >= 15 is 0 Å². The molecule has 0 spiro atoms. The summed E-state index contributed by atoms with van der Waals surface area (Å²) in [4.78, 5) is 6.64. The van der Waals surface area contributed by atoms with Gasteiger partial charge < -0.3 is 0 Å². The molecule has 5 heteroatoms. The van der Waals surface area contributed by atoms with Crippen LogP contribution in [0.15, 0.2) is 42.6 Å². The quantitative estimate of drug-likeness (QED) is 0.223. The van der Waals surface area contributed by atoms with Crippen LogP contribution in [0.25, 0.3) is 0 Å². The molecule has 2 nitrogen and oxygen atoms in total. The molecule has 1 aromatic heterocycles. The third kappa shape index (κ3) is 10.9. The summed E-state index contributed by atoms with van der Waals surface area (Å²) in [6, 6.07) is 9.37. The molecule has 1 aromatic carbocycles. The van der Waals surface area contributed by atoms with Gasteiger partial charge in [0.2, 0.25) is 0 Å². The number of hydrogen-bond acceptors (Lipinski definition) is 2. The summed E-state index contributed by atoms with van der Waals surface area (Å²) in [5.74, 6) is 6.38. The SMILES string of the molecule is CCCCCCCCCCC#Cc1ccc(CN(CC)Cc2ccc(C(F)(F)F)cc2)cn1. The Kier molecular flexibility index (Phi) is 12.0. The first kappa shape index (κ1) is 26.9. The third-order valence-corrected chi connectivity index (χ3v) is 5.74. The third-order valence-electron chi connectivity index (χ3n) is 5.74. The summed E-state index contributed by atoms with van der Waals surface area (Å²) in [5.41, 5.74) is 2.10. The topological polar surface area (TPSA) is 16.1 Å². The molecule has 0 fully saturated rings. The van der Waals surface area contributed by atoms with E-state index in [2.05, 4.69) is 28.6 Å². The lowest BCUT2D eigenvalue weighted by Gasteiger charge is -2.20. The van der Waals surface area contributed by atoms with Gasteiger partial charge in [0, 0.05) is 25.7 Å². The van der Waals surface area contributed by atoms with Gasteiger partial charge in [0.05, 0.1) is 5.56 Å². The van der Waals surface area contributed by atoms with Crippen molar-refractivity contribution >= 4 is 0 Å².